The summed E-state index contributed by atoms with van der Waals surface area (Å²) >= 11 is 0. The normalized spacial score (nSPS) is 13.7. The molecule has 3 nitrogen and oxygen atoms in total. The second-order valence-electron chi connectivity index (χ2n) is 8.61. The van der Waals surface area contributed by atoms with Crippen molar-refractivity contribution in [2.45, 2.75) is 69.1 Å². The van der Waals surface area contributed by atoms with Crippen LogP contribution in [0.25, 0.3) is 0 Å². The lowest BCUT2D eigenvalue weighted by Gasteiger charge is -2.27. The van der Waals surface area contributed by atoms with E-state index in [0.717, 1.165) is 16.7 Å². The van der Waals surface area contributed by atoms with Crippen LogP contribution in [-0.4, -0.2) is 14.4 Å². The molecular weight excluding hydrogens is 332 g/mol. The van der Waals surface area contributed by atoms with Crippen LogP contribution < -0.4 is 0 Å². The maximum Gasteiger partial charge on any atom is 0.135 e. The molecule has 0 spiro atoms. The predicted octanol–water partition coefficient (Wildman–Crippen LogP) is 5.17. The van der Waals surface area contributed by atoms with Gasteiger partial charge in [-0.15, -0.1) is 0 Å². The Hall–Kier alpha value is -1.81. The summed E-state index contributed by atoms with van der Waals surface area (Å²) in [4.78, 5) is 0.666. The fraction of sp³-hybridized carbons (Fsp3) is 0.429. The molecule has 1 unspecified atom stereocenters. The first kappa shape index (κ1) is 19.5. The number of aryl methyl sites for hydroxylation is 1. The lowest BCUT2D eigenvalue weighted by molar-refractivity contribution is 0.431. The number of benzene rings is 2. The van der Waals surface area contributed by atoms with E-state index in [2.05, 4.69) is 20.8 Å². The molecule has 0 radical (unpaired) electrons. The third kappa shape index (κ3) is 4.06. The maximum atomic E-state index is 13.2. The number of rotatable bonds is 2. The van der Waals surface area contributed by atoms with Gasteiger partial charge in [0.1, 0.15) is 11.5 Å². The molecule has 0 bridgehead atoms. The first-order valence-electron chi connectivity index (χ1n) is 8.41. The Kier molecular flexibility index (Phi) is 5.06. The highest BCUT2D eigenvalue weighted by atomic mass is 32.2. The standard InChI is InChI=1S/C21H28O3S/c1-13-8-9-16(22)17(10-13)25(24)18-12-14(20(2,3)4)11-15(19(18)23)21(5,6)7/h8-12,22-23H,1-7H3. The van der Waals surface area contributed by atoms with Crippen molar-refractivity contribution in [1.82, 2.24) is 0 Å². The molecular formula is C21H28O3S. The fourth-order valence-electron chi connectivity index (χ4n) is 2.64. The number of hydrogen-bond acceptors (Lipinski definition) is 3. The van der Waals surface area contributed by atoms with Gasteiger partial charge in [-0.1, -0.05) is 53.7 Å². The monoisotopic (exact) mass is 360 g/mol. The highest BCUT2D eigenvalue weighted by molar-refractivity contribution is 7.85. The average Bonchev–Trinajstić information content (AvgIpc) is 2.47. The Morgan fingerprint density at radius 2 is 1.44 bits per heavy atom. The minimum atomic E-state index is -1.67. The average molecular weight is 361 g/mol. The summed E-state index contributed by atoms with van der Waals surface area (Å²) < 4.78 is 13.2. The Balaban J connectivity index is 2.76. The van der Waals surface area contributed by atoms with Gasteiger partial charge in [-0.3, -0.25) is 0 Å². The number of phenols is 2. The van der Waals surface area contributed by atoms with Crippen LogP contribution in [0.3, 0.4) is 0 Å². The van der Waals surface area contributed by atoms with Crippen LogP contribution in [0.1, 0.15) is 58.2 Å². The first-order valence-corrected chi connectivity index (χ1v) is 9.56. The highest BCUT2D eigenvalue weighted by Gasteiger charge is 2.27. The molecule has 0 saturated heterocycles. The third-order valence-corrected chi connectivity index (χ3v) is 5.70. The third-order valence-electron chi connectivity index (χ3n) is 4.26. The van der Waals surface area contributed by atoms with E-state index in [1.807, 2.05) is 33.8 Å². The molecule has 2 N–H and O–H groups in total. The van der Waals surface area contributed by atoms with Crippen molar-refractivity contribution in [2.24, 2.45) is 0 Å². The van der Waals surface area contributed by atoms with Crippen LogP contribution in [0.15, 0.2) is 40.1 Å². The molecule has 0 aliphatic rings. The predicted molar refractivity (Wildman–Crippen MR) is 103 cm³/mol. The van der Waals surface area contributed by atoms with Gasteiger partial charge in [0.15, 0.2) is 0 Å². The molecule has 0 amide bonds. The summed E-state index contributed by atoms with van der Waals surface area (Å²) in [5.74, 6) is 0.0153. The zero-order chi connectivity index (χ0) is 19.2. The molecule has 2 aromatic carbocycles. The Bertz CT molecular complexity index is 824. The van der Waals surface area contributed by atoms with E-state index in [4.69, 9.17) is 0 Å². The van der Waals surface area contributed by atoms with Crippen molar-refractivity contribution in [3.63, 3.8) is 0 Å². The van der Waals surface area contributed by atoms with Crippen LogP contribution in [0, 0.1) is 6.92 Å². The molecule has 0 aliphatic heterocycles. The summed E-state index contributed by atoms with van der Waals surface area (Å²) in [5.41, 5.74) is 2.23. The van der Waals surface area contributed by atoms with E-state index in [-0.39, 0.29) is 22.3 Å². The maximum absolute atomic E-state index is 13.2. The van der Waals surface area contributed by atoms with E-state index in [1.165, 1.54) is 6.07 Å². The van der Waals surface area contributed by atoms with Crippen molar-refractivity contribution in [1.29, 1.82) is 0 Å². The molecule has 0 heterocycles. The van der Waals surface area contributed by atoms with Crippen molar-refractivity contribution in [3.8, 4) is 11.5 Å². The summed E-state index contributed by atoms with van der Waals surface area (Å²) in [6.45, 7) is 14.2. The minimum absolute atomic E-state index is 0.0261. The lowest BCUT2D eigenvalue weighted by Crippen LogP contribution is -2.17. The minimum Gasteiger partial charge on any atom is -0.507 e. The van der Waals surface area contributed by atoms with E-state index in [1.54, 1.807) is 18.2 Å². The van der Waals surface area contributed by atoms with Gasteiger partial charge >= 0.3 is 0 Å². The van der Waals surface area contributed by atoms with Gasteiger partial charge in [0.05, 0.1) is 20.6 Å². The first-order chi connectivity index (χ1) is 11.3. The molecule has 2 aromatic rings. The molecule has 0 fully saturated rings. The van der Waals surface area contributed by atoms with Crippen molar-refractivity contribution >= 4 is 10.8 Å². The molecule has 1 atom stereocenters. The topological polar surface area (TPSA) is 57.5 Å². The van der Waals surface area contributed by atoms with E-state index < -0.39 is 10.8 Å². The van der Waals surface area contributed by atoms with Crippen molar-refractivity contribution < 1.29 is 14.4 Å². The quantitative estimate of drug-likeness (QED) is 0.777. The summed E-state index contributed by atoms with van der Waals surface area (Å²) in [6, 6.07) is 8.79. The molecule has 0 aromatic heterocycles. The van der Waals surface area contributed by atoms with Gasteiger partial charge in [-0.05, 0) is 47.1 Å². The van der Waals surface area contributed by atoms with Crippen LogP contribution in [0.4, 0.5) is 0 Å². The SMILES string of the molecule is Cc1ccc(O)c(S(=O)c2cc(C(C)(C)C)cc(C(C)(C)C)c2O)c1. The zero-order valence-corrected chi connectivity index (χ0v) is 16.9. The summed E-state index contributed by atoms with van der Waals surface area (Å²) in [7, 11) is -1.67. The van der Waals surface area contributed by atoms with Crippen LogP contribution in [0.2, 0.25) is 0 Å². The summed E-state index contributed by atoms with van der Waals surface area (Å²) in [6.07, 6.45) is 0. The number of aromatic hydroxyl groups is 2. The molecule has 0 aliphatic carbocycles. The lowest BCUT2D eigenvalue weighted by atomic mass is 9.80. The van der Waals surface area contributed by atoms with Gasteiger partial charge < -0.3 is 10.2 Å². The van der Waals surface area contributed by atoms with Gasteiger partial charge in [0.25, 0.3) is 0 Å². The van der Waals surface area contributed by atoms with Crippen molar-refractivity contribution in [2.75, 3.05) is 0 Å². The van der Waals surface area contributed by atoms with Gasteiger partial charge in [-0.2, -0.15) is 0 Å². The van der Waals surface area contributed by atoms with Crippen LogP contribution in [0.5, 0.6) is 11.5 Å². The smallest absolute Gasteiger partial charge is 0.135 e. The Morgan fingerprint density at radius 3 is 1.96 bits per heavy atom. The molecule has 0 saturated carbocycles. The van der Waals surface area contributed by atoms with Crippen LogP contribution >= 0.6 is 0 Å². The van der Waals surface area contributed by atoms with Gasteiger partial charge in [0, 0.05) is 5.56 Å². The second kappa shape index (κ2) is 6.49. The molecule has 2 rings (SSSR count). The number of hydrogen-bond donors (Lipinski definition) is 2. The molecule has 4 heteroatoms. The second-order valence-corrected chi connectivity index (χ2v) is 10.0. The van der Waals surface area contributed by atoms with Gasteiger partial charge in [0.2, 0.25) is 0 Å². The Labute approximate surface area is 153 Å². The van der Waals surface area contributed by atoms with E-state index in [0.29, 0.717) is 9.79 Å². The van der Waals surface area contributed by atoms with Crippen LogP contribution in [-0.2, 0) is 21.6 Å². The van der Waals surface area contributed by atoms with E-state index >= 15 is 0 Å². The molecule has 136 valence electrons. The highest BCUT2D eigenvalue weighted by Crippen LogP contribution is 2.41. The zero-order valence-electron chi connectivity index (χ0n) is 16.1. The molecule has 25 heavy (non-hydrogen) atoms. The fourth-order valence-corrected chi connectivity index (χ4v) is 3.95. The van der Waals surface area contributed by atoms with Crippen molar-refractivity contribution in [3.05, 3.63) is 47.0 Å². The van der Waals surface area contributed by atoms with Gasteiger partial charge in [-0.25, -0.2) is 4.21 Å². The Morgan fingerprint density at radius 1 is 0.840 bits per heavy atom. The number of phenolic OH excluding ortho intramolecular Hbond substituents is 2. The van der Waals surface area contributed by atoms with E-state index in [9.17, 15) is 14.4 Å². The largest absolute Gasteiger partial charge is 0.507 e. The summed E-state index contributed by atoms with van der Waals surface area (Å²) in [5, 5.41) is 21.0.